The second kappa shape index (κ2) is 5.46. The molecule has 0 aliphatic carbocycles. The molecule has 5 heteroatoms. The molecule has 0 saturated carbocycles. The summed E-state index contributed by atoms with van der Waals surface area (Å²) in [6, 6.07) is 15.3. The third kappa shape index (κ3) is 2.58. The molecule has 0 N–H and O–H groups in total. The Morgan fingerprint density at radius 1 is 0.950 bits per heavy atom. The van der Waals surface area contributed by atoms with Gasteiger partial charge in [0.15, 0.2) is 0 Å². The van der Waals surface area contributed by atoms with E-state index in [0.29, 0.717) is 11.7 Å². The van der Waals surface area contributed by atoms with E-state index < -0.39 is 0 Å². The fraction of sp³-hybridized carbons (Fsp3) is 0.0667. The van der Waals surface area contributed by atoms with Gasteiger partial charge in [-0.1, -0.05) is 21.1 Å². The van der Waals surface area contributed by atoms with Crippen LogP contribution in [0, 0.1) is 0 Å². The Morgan fingerprint density at radius 3 is 2.25 bits per heavy atom. The number of benzene rings is 2. The summed E-state index contributed by atoms with van der Waals surface area (Å²) in [5, 5.41) is 4.00. The highest BCUT2D eigenvalue weighted by atomic mass is 79.9. The van der Waals surface area contributed by atoms with Crippen molar-refractivity contribution in [3.05, 3.63) is 53.0 Å². The molecule has 2 aromatic carbocycles. The molecule has 0 fully saturated rings. The zero-order valence-corrected chi connectivity index (χ0v) is 12.3. The smallest absolute Gasteiger partial charge is 0.258 e. The lowest BCUT2D eigenvalue weighted by molar-refractivity contribution is 0.415. The highest BCUT2D eigenvalue weighted by Gasteiger charge is 2.10. The zero-order chi connectivity index (χ0) is 13.9. The first-order chi connectivity index (χ1) is 9.76. The quantitative estimate of drug-likeness (QED) is 0.723. The number of aromatic nitrogens is 2. The largest absolute Gasteiger partial charge is 0.497 e. The molecule has 0 aliphatic rings. The van der Waals surface area contributed by atoms with Gasteiger partial charge in [0.2, 0.25) is 5.82 Å². The minimum Gasteiger partial charge on any atom is -0.497 e. The molecule has 1 aromatic heterocycles. The van der Waals surface area contributed by atoms with Crippen LogP contribution in [0.3, 0.4) is 0 Å². The summed E-state index contributed by atoms with van der Waals surface area (Å²) in [4.78, 5) is 4.40. The molecule has 0 aliphatic heterocycles. The van der Waals surface area contributed by atoms with Crippen LogP contribution in [0.15, 0.2) is 57.5 Å². The average Bonchev–Trinajstić information content (AvgIpc) is 2.98. The van der Waals surface area contributed by atoms with Gasteiger partial charge >= 0.3 is 0 Å². The predicted molar refractivity (Wildman–Crippen MR) is 79.4 cm³/mol. The van der Waals surface area contributed by atoms with Gasteiger partial charge in [0.1, 0.15) is 5.75 Å². The molecule has 0 saturated heterocycles. The van der Waals surface area contributed by atoms with Crippen molar-refractivity contribution in [2.75, 3.05) is 7.11 Å². The Morgan fingerprint density at radius 2 is 1.60 bits per heavy atom. The zero-order valence-electron chi connectivity index (χ0n) is 10.7. The Hall–Kier alpha value is -2.14. The summed E-state index contributed by atoms with van der Waals surface area (Å²) in [7, 11) is 1.63. The van der Waals surface area contributed by atoms with Crippen molar-refractivity contribution in [2.24, 2.45) is 0 Å². The van der Waals surface area contributed by atoms with Crippen molar-refractivity contribution >= 4 is 15.9 Å². The highest BCUT2D eigenvalue weighted by Crippen LogP contribution is 2.24. The first-order valence-corrected chi connectivity index (χ1v) is 6.79. The van der Waals surface area contributed by atoms with E-state index in [4.69, 9.17) is 9.26 Å². The Labute approximate surface area is 124 Å². The highest BCUT2D eigenvalue weighted by molar-refractivity contribution is 9.10. The molecule has 0 amide bonds. The van der Waals surface area contributed by atoms with Gasteiger partial charge in [-0.3, -0.25) is 0 Å². The van der Waals surface area contributed by atoms with Crippen LogP contribution in [-0.2, 0) is 0 Å². The van der Waals surface area contributed by atoms with Crippen LogP contribution in [0.5, 0.6) is 5.75 Å². The summed E-state index contributed by atoms with van der Waals surface area (Å²) >= 11 is 3.39. The maximum absolute atomic E-state index is 5.29. The van der Waals surface area contributed by atoms with E-state index in [2.05, 4.69) is 26.1 Å². The molecular weight excluding hydrogens is 320 g/mol. The predicted octanol–water partition coefficient (Wildman–Crippen LogP) is 4.17. The molecule has 4 nitrogen and oxygen atoms in total. The van der Waals surface area contributed by atoms with E-state index in [1.807, 2.05) is 48.5 Å². The molecule has 0 spiro atoms. The summed E-state index contributed by atoms with van der Waals surface area (Å²) in [5.74, 6) is 1.86. The van der Waals surface area contributed by atoms with Crippen LogP contribution < -0.4 is 4.74 Å². The van der Waals surface area contributed by atoms with Gasteiger partial charge in [0.25, 0.3) is 5.89 Å². The van der Waals surface area contributed by atoms with E-state index in [-0.39, 0.29) is 0 Å². The monoisotopic (exact) mass is 330 g/mol. The summed E-state index contributed by atoms with van der Waals surface area (Å²) < 4.78 is 11.4. The maximum Gasteiger partial charge on any atom is 0.258 e. The van der Waals surface area contributed by atoms with Crippen molar-refractivity contribution in [1.82, 2.24) is 10.1 Å². The fourth-order valence-electron chi connectivity index (χ4n) is 1.79. The lowest BCUT2D eigenvalue weighted by Gasteiger charge is -1.99. The van der Waals surface area contributed by atoms with Crippen molar-refractivity contribution in [1.29, 1.82) is 0 Å². The van der Waals surface area contributed by atoms with Gasteiger partial charge < -0.3 is 9.26 Å². The molecule has 100 valence electrons. The fourth-order valence-corrected chi connectivity index (χ4v) is 2.05. The Balaban J connectivity index is 1.91. The van der Waals surface area contributed by atoms with Crippen LogP contribution in [0.1, 0.15) is 0 Å². The SMILES string of the molecule is COc1ccc(-c2noc(-c3ccc(Br)cc3)n2)cc1. The van der Waals surface area contributed by atoms with Gasteiger partial charge in [-0.05, 0) is 48.5 Å². The first-order valence-electron chi connectivity index (χ1n) is 6.00. The van der Waals surface area contributed by atoms with Crippen LogP contribution in [0.25, 0.3) is 22.8 Å². The molecule has 0 bridgehead atoms. The molecule has 0 atom stereocenters. The number of hydrogen-bond acceptors (Lipinski definition) is 4. The Bertz CT molecular complexity index is 705. The van der Waals surface area contributed by atoms with Crippen LogP contribution in [-0.4, -0.2) is 17.3 Å². The Kier molecular flexibility index (Phi) is 3.52. The topological polar surface area (TPSA) is 48.2 Å². The summed E-state index contributed by atoms with van der Waals surface area (Å²) in [5.41, 5.74) is 1.78. The van der Waals surface area contributed by atoms with Crippen LogP contribution in [0.4, 0.5) is 0 Å². The van der Waals surface area contributed by atoms with Gasteiger partial charge in [-0.25, -0.2) is 0 Å². The number of hydrogen-bond donors (Lipinski definition) is 0. The minimum atomic E-state index is 0.503. The summed E-state index contributed by atoms with van der Waals surface area (Å²) in [6.45, 7) is 0. The van der Waals surface area contributed by atoms with Crippen LogP contribution in [0.2, 0.25) is 0 Å². The van der Waals surface area contributed by atoms with E-state index in [9.17, 15) is 0 Å². The molecule has 3 aromatic rings. The van der Waals surface area contributed by atoms with E-state index in [1.54, 1.807) is 7.11 Å². The molecule has 0 unspecified atom stereocenters. The van der Waals surface area contributed by atoms with Crippen LogP contribution >= 0.6 is 15.9 Å². The first kappa shape index (κ1) is 12.9. The van der Waals surface area contributed by atoms with E-state index in [0.717, 1.165) is 21.3 Å². The molecule has 20 heavy (non-hydrogen) atoms. The van der Waals surface area contributed by atoms with Crippen molar-refractivity contribution in [2.45, 2.75) is 0 Å². The maximum atomic E-state index is 5.29. The van der Waals surface area contributed by atoms with Gasteiger partial charge in [-0.2, -0.15) is 4.98 Å². The van der Waals surface area contributed by atoms with Crippen molar-refractivity contribution in [3.63, 3.8) is 0 Å². The molecule has 0 radical (unpaired) electrons. The lowest BCUT2D eigenvalue weighted by atomic mass is 10.2. The van der Waals surface area contributed by atoms with Crippen molar-refractivity contribution < 1.29 is 9.26 Å². The minimum absolute atomic E-state index is 0.503. The second-order valence-electron chi connectivity index (χ2n) is 4.16. The third-order valence-electron chi connectivity index (χ3n) is 2.87. The molecule has 3 rings (SSSR count). The lowest BCUT2D eigenvalue weighted by Crippen LogP contribution is -1.84. The number of nitrogens with zero attached hydrogens (tertiary/aromatic N) is 2. The second-order valence-corrected chi connectivity index (χ2v) is 5.07. The normalized spacial score (nSPS) is 10.5. The number of halogens is 1. The van der Waals surface area contributed by atoms with Gasteiger partial charge in [-0.15, -0.1) is 0 Å². The summed E-state index contributed by atoms with van der Waals surface area (Å²) in [6.07, 6.45) is 0. The van der Waals surface area contributed by atoms with E-state index >= 15 is 0 Å². The standard InChI is InChI=1S/C15H11BrN2O2/c1-19-13-8-4-10(5-9-13)14-17-15(20-18-14)11-2-6-12(16)7-3-11/h2-9H,1H3. The van der Waals surface area contributed by atoms with Gasteiger partial charge in [0, 0.05) is 15.6 Å². The molecular formula is C15H11BrN2O2. The third-order valence-corrected chi connectivity index (χ3v) is 3.39. The number of methoxy groups -OCH3 is 1. The number of rotatable bonds is 3. The number of ether oxygens (including phenoxy) is 1. The molecule has 1 heterocycles. The van der Waals surface area contributed by atoms with Crippen molar-refractivity contribution in [3.8, 4) is 28.6 Å². The van der Waals surface area contributed by atoms with E-state index in [1.165, 1.54) is 0 Å². The average molecular weight is 331 g/mol. The van der Waals surface area contributed by atoms with Gasteiger partial charge in [0.05, 0.1) is 7.11 Å².